The van der Waals surface area contributed by atoms with E-state index in [0.29, 0.717) is 12.5 Å². The Bertz CT molecular complexity index is 418. The predicted molar refractivity (Wildman–Crippen MR) is 66.9 cm³/mol. The quantitative estimate of drug-likeness (QED) is 0.835. The maximum Gasteiger partial charge on any atom is 0.265 e. The lowest BCUT2D eigenvalue weighted by molar-refractivity contribution is -0.126. The van der Waals surface area contributed by atoms with Crippen LogP contribution >= 0.6 is 0 Å². The van der Waals surface area contributed by atoms with Crippen LogP contribution in [-0.4, -0.2) is 18.6 Å². The molecule has 0 aliphatic carbocycles. The van der Waals surface area contributed by atoms with Crippen LogP contribution in [0.4, 0.5) is 5.69 Å². The molecule has 1 aliphatic heterocycles. The van der Waals surface area contributed by atoms with Crippen molar-refractivity contribution in [3.63, 3.8) is 0 Å². The van der Waals surface area contributed by atoms with Gasteiger partial charge in [0.1, 0.15) is 5.75 Å². The number of nitrogens with one attached hydrogen (secondary N) is 1. The van der Waals surface area contributed by atoms with Crippen molar-refractivity contribution in [1.29, 1.82) is 0 Å². The molecule has 2 unspecified atom stereocenters. The number of fused-ring (bicyclic) bond motifs is 1. The summed E-state index contributed by atoms with van der Waals surface area (Å²) in [6, 6.07) is 7.44. The molecule has 0 saturated carbocycles. The third-order valence-electron chi connectivity index (χ3n) is 3.17. The summed E-state index contributed by atoms with van der Waals surface area (Å²) < 4.78 is 5.77. The molecule has 1 heterocycles. The van der Waals surface area contributed by atoms with Gasteiger partial charge in [-0.2, -0.15) is 0 Å². The molecule has 0 bridgehead atoms. The number of ether oxygens (including phenoxy) is 1. The fourth-order valence-corrected chi connectivity index (χ4v) is 2.09. The number of hydrogen-bond acceptors (Lipinski definition) is 3. The van der Waals surface area contributed by atoms with Gasteiger partial charge in [-0.3, -0.25) is 4.79 Å². The Kier molecular flexibility index (Phi) is 3.33. The van der Waals surface area contributed by atoms with Crippen molar-refractivity contribution < 1.29 is 9.53 Å². The van der Waals surface area contributed by atoms with E-state index in [2.05, 4.69) is 19.2 Å². The number of para-hydroxylation sites is 2. The van der Waals surface area contributed by atoms with Crippen molar-refractivity contribution in [3.8, 4) is 5.75 Å². The monoisotopic (exact) mass is 234 g/mol. The molecule has 0 fully saturated rings. The molecule has 92 valence electrons. The van der Waals surface area contributed by atoms with Gasteiger partial charge in [0.25, 0.3) is 5.91 Å². The third kappa shape index (κ3) is 2.26. The van der Waals surface area contributed by atoms with Gasteiger partial charge in [-0.25, -0.2) is 0 Å². The second-order valence-electron chi connectivity index (χ2n) is 4.67. The van der Waals surface area contributed by atoms with Crippen molar-refractivity contribution >= 4 is 11.6 Å². The van der Waals surface area contributed by atoms with E-state index in [0.717, 1.165) is 11.4 Å². The number of carbonyl (C=O) groups excluding carboxylic acids is 1. The fraction of sp³-hybridized carbons (Fsp3) is 0.462. The summed E-state index contributed by atoms with van der Waals surface area (Å²) in [5, 5.41) is 2.86. The molecule has 2 atom stereocenters. The van der Waals surface area contributed by atoms with E-state index in [4.69, 9.17) is 10.5 Å². The second kappa shape index (κ2) is 4.75. The SMILES string of the molecule is CC(C)C(CN)C1Oc2ccccc2NC1=O. The smallest absolute Gasteiger partial charge is 0.265 e. The lowest BCUT2D eigenvalue weighted by atomic mass is 9.89. The van der Waals surface area contributed by atoms with E-state index < -0.39 is 6.10 Å². The number of carbonyl (C=O) groups is 1. The van der Waals surface area contributed by atoms with Crippen LogP contribution in [0.1, 0.15) is 13.8 Å². The highest BCUT2D eigenvalue weighted by atomic mass is 16.5. The van der Waals surface area contributed by atoms with Crippen LogP contribution in [0.25, 0.3) is 0 Å². The molecule has 1 aromatic carbocycles. The summed E-state index contributed by atoms with van der Waals surface area (Å²) in [5.74, 6) is 0.952. The Morgan fingerprint density at radius 1 is 1.41 bits per heavy atom. The zero-order valence-corrected chi connectivity index (χ0v) is 10.1. The van der Waals surface area contributed by atoms with Crippen molar-refractivity contribution in [2.24, 2.45) is 17.6 Å². The number of nitrogens with two attached hydrogens (primary N) is 1. The standard InChI is InChI=1S/C13H18N2O2/c1-8(2)9(7-14)12-13(16)15-10-5-3-4-6-11(10)17-12/h3-6,8-9,12H,7,14H2,1-2H3,(H,15,16). The van der Waals surface area contributed by atoms with Gasteiger partial charge < -0.3 is 15.8 Å². The Morgan fingerprint density at radius 2 is 2.12 bits per heavy atom. The number of rotatable bonds is 3. The molecule has 2 rings (SSSR count). The van der Waals surface area contributed by atoms with Crippen LogP contribution in [0.15, 0.2) is 24.3 Å². The normalized spacial score (nSPS) is 20.5. The van der Waals surface area contributed by atoms with E-state index in [1.165, 1.54) is 0 Å². The van der Waals surface area contributed by atoms with Crippen molar-refractivity contribution in [2.75, 3.05) is 11.9 Å². The van der Waals surface area contributed by atoms with Gasteiger partial charge in [-0.15, -0.1) is 0 Å². The fourth-order valence-electron chi connectivity index (χ4n) is 2.09. The number of benzene rings is 1. The van der Waals surface area contributed by atoms with Crippen LogP contribution in [-0.2, 0) is 4.79 Å². The lowest BCUT2D eigenvalue weighted by Crippen LogP contribution is -2.46. The summed E-state index contributed by atoms with van der Waals surface area (Å²) in [7, 11) is 0. The lowest BCUT2D eigenvalue weighted by Gasteiger charge is -2.32. The zero-order chi connectivity index (χ0) is 12.4. The van der Waals surface area contributed by atoms with Gasteiger partial charge >= 0.3 is 0 Å². The van der Waals surface area contributed by atoms with Crippen LogP contribution in [0.3, 0.4) is 0 Å². The molecule has 0 spiro atoms. The molecule has 4 heteroatoms. The number of hydrogen-bond donors (Lipinski definition) is 2. The molecule has 17 heavy (non-hydrogen) atoms. The zero-order valence-electron chi connectivity index (χ0n) is 10.1. The summed E-state index contributed by atoms with van der Waals surface area (Å²) in [6.07, 6.45) is -0.491. The average Bonchev–Trinajstić information content (AvgIpc) is 2.30. The molecule has 1 aliphatic rings. The van der Waals surface area contributed by atoms with Gasteiger partial charge in [0, 0.05) is 5.92 Å². The van der Waals surface area contributed by atoms with Gasteiger partial charge in [-0.05, 0) is 24.6 Å². The largest absolute Gasteiger partial charge is 0.478 e. The van der Waals surface area contributed by atoms with E-state index in [9.17, 15) is 4.79 Å². The molecule has 1 amide bonds. The van der Waals surface area contributed by atoms with Crippen molar-refractivity contribution in [2.45, 2.75) is 20.0 Å². The molecule has 0 aromatic heterocycles. The van der Waals surface area contributed by atoms with Crippen LogP contribution < -0.4 is 15.8 Å². The minimum absolute atomic E-state index is 0.0309. The first-order valence-corrected chi connectivity index (χ1v) is 5.90. The topological polar surface area (TPSA) is 64.3 Å². The molecular formula is C13H18N2O2. The predicted octanol–water partition coefficient (Wildman–Crippen LogP) is 1.62. The van der Waals surface area contributed by atoms with Gasteiger partial charge in [-0.1, -0.05) is 26.0 Å². The summed E-state index contributed by atoms with van der Waals surface area (Å²) in [4.78, 5) is 12.0. The molecule has 0 radical (unpaired) electrons. The summed E-state index contributed by atoms with van der Waals surface area (Å²) >= 11 is 0. The first-order valence-electron chi connectivity index (χ1n) is 5.90. The highest BCUT2D eigenvalue weighted by Gasteiger charge is 2.35. The van der Waals surface area contributed by atoms with E-state index >= 15 is 0 Å². The molecule has 4 nitrogen and oxygen atoms in total. The minimum atomic E-state index is -0.491. The Morgan fingerprint density at radius 3 is 2.76 bits per heavy atom. The highest BCUT2D eigenvalue weighted by molar-refractivity contribution is 5.97. The highest BCUT2D eigenvalue weighted by Crippen LogP contribution is 2.32. The van der Waals surface area contributed by atoms with Crippen LogP contribution in [0, 0.1) is 11.8 Å². The van der Waals surface area contributed by atoms with E-state index in [-0.39, 0.29) is 11.8 Å². The minimum Gasteiger partial charge on any atom is -0.478 e. The van der Waals surface area contributed by atoms with Gasteiger partial charge in [0.05, 0.1) is 5.69 Å². The number of anilines is 1. The average molecular weight is 234 g/mol. The molecule has 1 aromatic rings. The van der Waals surface area contributed by atoms with Crippen LogP contribution in [0.5, 0.6) is 5.75 Å². The maximum absolute atomic E-state index is 12.0. The molecule has 3 N–H and O–H groups in total. The van der Waals surface area contributed by atoms with Gasteiger partial charge in [0.15, 0.2) is 6.10 Å². The van der Waals surface area contributed by atoms with Crippen molar-refractivity contribution in [3.05, 3.63) is 24.3 Å². The first-order chi connectivity index (χ1) is 8.13. The Hall–Kier alpha value is -1.55. The Balaban J connectivity index is 2.25. The maximum atomic E-state index is 12.0. The summed E-state index contributed by atoms with van der Waals surface area (Å²) in [5.41, 5.74) is 6.46. The first kappa shape index (κ1) is 11.9. The Labute approximate surface area is 101 Å². The van der Waals surface area contributed by atoms with Crippen LogP contribution in [0.2, 0.25) is 0 Å². The molecular weight excluding hydrogens is 216 g/mol. The molecule has 0 saturated heterocycles. The van der Waals surface area contributed by atoms with E-state index in [1.54, 1.807) is 0 Å². The second-order valence-corrected chi connectivity index (χ2v) is 4.67. The van der Waals surface area contributed by atoms with Crippen molar-refractivity contribution in [1.82, 2.24) is 0 Å². The van der Waals surface area contributed by atoms with Gasteiger partial charge in [0.2, 0.25) is 0 Å². The third-order valence-corrected chi connectivity index (χ3v) is 3.17. The van der Waals surface area contributed by atoms with E-state index in [1.807, 2.05) is 24.3 Å². The number of amides is 1. The summed E-state index contributed by atoms with van der Waals surface area (Å²) in [6.45, 7) is 4.54.